The number of benzene rings is 1. The van der Waals surface area contributed by atoms with E-state index in [1.54, 1.807) is 6.07 Å². The normalized spacial score (nSPS) is 17.6. The molecule has 1 fully saturated rings. The van der Waals surface area contributed by atoms with Gasteiger partial charge in [0.2, 0.25) is 0 Å². The third kappa shape index (κ3) is 2.60. The molecule has 0 saturated heterocycles. The second kappa shape index (κ2) is 5.05. The molecule has 0 radical (unpaired) electrons. The number of nitrogens with two attached hydrogens (primary N) is 1. The molecule has 17 heavy (non-hydrogen) atoms. The number of anilines is 1. The molecule has 1 aromatic carbocycles. The molecule has 0 heterocycles. The van der Waals surface area contributed by atoms with Crippen LogP contribution in [0.25, 0.3) is 0 Å². The summed E-state index contributed by atoms with van der Waals surface area (Å²) in [4.78, 5) is 2.14. The third-order valence-electron chi connectivity index (χ3n) is 3.65. The van der Waals surface area contributed by atoms with Crippen molar-refractivity contribution < 1.29 is 4.39 Å². The van der Waals surface area contributed by atoms with Crippen LogP contribution in [0.4, 0.5) is 10.1 Å². The molecule has 0 aromatic heterocycles. The van der Waals surface area contributed by atoms with Crippen LogP contribution in [0.3, 0.4) is 0 Å². The van der Waals surface area contributed by atoms with E-state index in [1.165, 1.54) is 25.3 Å². The molecule has 0 aliphatic heterocycles. The summed E-state index contributed by atoms with van der Waals surface area (Å²) in [5.41, 5.74) is 7.43. The highest BCUT2D eigenvalue weighted by molar-refractivity contribution is 5.55. The molecule has 3 heteroatoms. The van der Waals surface area contributed by atoms with E-state index in [4.69, 9.17) is 5.73 Å². The number of hydrogen-bond donors (Lipinski definition) is 1. The van der Waals surface area contributed by atoms with E-state index in [0.717, 1.165) is 18.2 Å². The lowest BCUT2D eigenvalue weighted by atomic mass is 9.85. The molecule has 0 spiro atoms. The van der Waals surface area contributed by atoms with Crippen LogP contribution in [0.5, 0.6) is 0 Å². The van der Waals surface area contributed by atoms with Gasteiger partial charge in [-0.15, -0.1) is 0 Å². The first-order chi connectivity index (χ1) is 8.09. The maximum absolute atomic E-state index is 13.8. The third-order valence-corrected chi connectivity index (χ3v) is 3.65. The van der Waals surface area contributed by atoms with Crippen LogP contribution in [-0.4, -0.2) is 13.6 Å². The van der Waals surface area contributed by atoms with Gasteiger partial charge in [0.1, 0.15) is 5.82 Å². The zero-order chi connectivity index (χ0) is 12.4. The van der Waals surface area contributed by atoms with Crippen molar-refractivity contribution >= 4 is 5.69 Å². The first-order valence-corrected chi connectivity index (χ1v) is 6.34. The van der Waals surface area contributed by atoms with Gasteiger partial charge in [0.05, 0.1) is 0 Å². The fourth-order valence-electron chi connectivity index (χ4n) is 2.47. The number of rotatable bonds is 4. The maximum Gasteiger partial charge on any atom is 0.130 e. The monoisotopic (exact) mass is 236 g/mol. The van der Waals surface area contributed by atoms with Gasteiger partial charge < -0.3 is 10.6 Å². The summed E-state index contributed by atoms with van der Waals surface area (Å²) in [6, 6.07) is 4.93. The number of hydrogen-bond acceptors (Lipinski definition) is 2. The van der Waals surface area contributed by atoms with Gasteiger partial charge in [-0.05, 0) is 37.8 Å². The van der Waals surface area contributed by atoms with E-state index < -0.39 is 0 Å². The lowest BCUT2D eigenvalue weighted by Crippen LogP contribution is -2.30. The van der Waals surface area contributed by atoms with Crippen LogP contribution in [0, 0.1) is 11.7 Å². The van der Waals surface area contributed by atoms with Crippen molar-refractivity contribution in [2.75, 3.05) is 18.5 Å². The Morgan fingerprint density at radius 2 is 2.18 bits per heavy atom. The van der Waals surface area contributed by atoms with E-state index in [1.807, 2.05) is 20.0 Å². The van der Waals surface area contributed by atoms with E-state index >= 15 is 0 Å². The molecule has 1 aliphatic rings. The summed E-state index contributed by atoms with van der Waals surface area (Å²) in [5, 5.41) is 0. The molecule has 1 atom stereocenters. The second-order valence-electron chi connectivity index (χ2n) is 5.14. The smallest absolute Gasteiger partial charge is 0.130 e. The maximum atomic E-state index is 13.8. The summed E-state index contributed by atoms with van der Waals surface area (Å²) in [5.74, 6) is 0.571. The summed E-state index contributed by atoms with van der Waals surface area (Å²) in [7, 11) is 2.03. The Labute approximate surface area is 103 Å². The molecule has 1 aliphatic carbocycles. The van der Waals surface area contributed by atoms with Crippen LogP contribution in [0.15, 0.2) is 18.2 Å². The molecule has 0 bridgehead atoms. The van der Waals surface area contributed by atoms with Gasteiger partial charge in [0.25, 0.3) is 0 Å². The fraction of sp³-hybridized carbons (Fsp3) is 0.571. The summed E-state index contributed by atoms with van der Waals surface area (Å²) in [6.45, 7) is 2.84. The van der Waals surface area contributed by atoms with E-state index in [0.29, 0.717) is 5.56 Å². The van der Waals surface area contributed by atoms with Crippen molar-refractivity contribution in [3.8, 4) is 0 Å². The number of nitrogens with zero attached hydrogens (tertiary/aromatic N) is 1. The van der Waals surface area contributed by atoms with Gasteiger partial charge in [-0.3, -0.25) is 0 Å². The van der Waals surface area contributed by atoms with Crippen molar-refractivity contribution in [1.29, 1.82) is 0 Å². The van der Waals surface area contributed by atoms with Crippen molar-refractivity contribution in [3.63, 3.8) is 0 Å². The summed E-state index contributed by atoms with van der Waals surface area (Å²) in [6.07, 6.45) is 3.93. The molecule has 2 rings (SSSR count). The quantitative estimate of drug-likeness (QED) is 0.870. The molecular weight excluding hydrogens is 215 g/mol. The molecule has 2 nitrogen and oxygen atoms in total. The van der Waals surface area contributed by atoms with Crippen LogP contribution in [0.1, 0.15) is 37.8 Å². The van der Waals surface area contributed by atoms with Crippen molar-refractivity contribution in [2.45, 2.75) is 32.2 Å². The minimum absolute atomic E-state index is 0.196. The largest absolute Gasteiger partial charge is 0.374 e. The average Bonchev–Trinajstić information content (AvgIpc) is 2.22. The van der Waals surface area contributed by atoms with Crippen LogP contribution >= 0.6 is 0 Å². The topological polar surface area (TPSA) is 29.3 Å². The van der Waals surface area contributed by atoms with Gasteiger partial charge in [-0.1, -0.05) is 12.5 Å². The molecule has 0 amide bonds. The Bertz CT molecular complexity index is 386. The standard InChI is InChI=1S/C14H21FN2/c1-10(16)14-12(15)7-4-8-13(14)17(2)9-11-5-3-6-11/h4,7-8,10-11H,3,5-6,9,16H2,1-2H3/t10-/m1/s1. The molecule has 1 aromatic rings. The molecular formula is C14H21FN2. The summed E-state index contributed by atoms with van der Waals surface area (Å²) < 4.78 is 13.8. The highest BCUT2D eigenvalue weighted by Gasteiger charge is 2.21. The molecule has 1 saturated carbocycles. The van der Waals surface area contributed by atoms with Crippen LogP contribution < -0.4 is 10.6 Å². The number of halogens is 1. The Morgan fingerprint density at radius 1 is 1.47 bits per heavy atom. The molecule has 2 N–H and O–H groups in total. The SMILES string of the molecule is C[C@@H](N)c1c(F)cccc1N(C)CC1CCC1. The van der Waals surface area contributed by atoms with Gasteiger partial charge in [0.15, 0.2) is 0 Å². The zero-order valence-corrected chi connectivity index (χ0v) is 10.6. The highest BCUT2D eigenvalue weighted by atomic mass is 19.1. The van der Waals surface area contributed by atoms with Gasteiger partial charge in [-0.25, -0.2) is 4.39 Å². The Balaban J connectivity index is 2.20. The zero-order valence-electron chi connectivity index (χ0n) is 10.6. The Kier molecular flexibility index (Phi) is 3.67. The molecule has 0 unspecified atom stereocenters. The van der Waals surface area contributed by atoms with Crippen molar-refractivity contribution in [1.82, 2.24) is 0 Å². The minimum atomic E-state index is -0.268. The Morgan fingerprint density at radius 3 is 2.71 bits per heavy atom. The first-order valence-electron chi connectivity index (χ1n) is 6.34. The van der Waals surface area contributed by atoms with Gasteiger partial charge >= 0.3 is 0 Å². The minimum Gasteiger partial charge on any atom is -0.374 e. The molecule has 94 valence electrons. The van der Waals surface area contributed by atoms with Crippen LogP contribution in [0.2, 0.25) is 0 Å². The van der Waals surface area contributed by atoms with Crippen molar-refractivity contribution in [3.05, 3.63) is 29.6 Å². The first kappa shape index (κ1) is 12.4. The predicted molar refractivity (Wildman–Crippen MR) is 69.6 cm³/mol. The predicted octanol–water partition coefficient (Wildman–Crippen LogP) is 3.08. The van der Waals surface area contributed by atoms with Crippen LogP contribution in [-0.2, 0) is 0 Å². The van der Waals surface area contributed by atoms with E-state index in [2.05, 4.69) is 4.90 Å². The fourth-order valence-corrected chi connectivity index (χ4v) is 2.47. The van der Waals surface area contributed by atoms with E-state index in [9.17, 15) is 4.39 Å². The van der Waals surface area contributed by atoms with E-state index in [-0.39, 0.29) is 11.9 Å². The van der Waals surface area contributed by atoms with Gasteiger partial charge in [-0.2, -0.15) is 0 Å². The summed E-state index contributed by atoms with van der Waals surface area (Å²) >= 11 is 0. The lowest BCUT2D eigenvalue weighted by Gasteiger charge is -2.32. The lowest BCUT2D eigenvalue weighted by molar-refractivity contribution is 0.321. The Hall–Kier alpha value is -1.09. The highest BCUT2D eigenvalue weighted by Crippen LogP contribution is 2.31. The second-order valence-corrected chi connectivity index (χ2v) is 5.14. The van der Waals surface area contributed by atoms with Crippen molar-refractivity contribution in [2.24, 2.45) is 11.7 Å². The average molecular weight is 236 g/mol. The van der Waals surface area contributed by atoms with Gasteiger partial charge in [0, 0.05) is 30.9 Å².